The first-order valence-corrected chi connectivity index (χ1v) is 7.48. The van der Waals surface area contributed by atoms with Crippen LogP contribution in [-0.2, 0) is 11.2 Å². The van der Waals surface area contributed by atoms with E-state index < -0.39 is 6.61 Å². The first kappa shape index (κ1) is 19.6. The van der Waals surface area contributed by atoms with E-state index in [-0.39, 0.29) is 35.9 Å². The molecule has 1 aromatic carbocycles. The summed E-state index contributed by atoms with van der Waals surface area (Å²) in [5, 5.41) is 6.28. The van der Waals surface area contributed by atoms with E-state index in [1.807, 2.05) is 0 Å². The minimum atomic E-state index is -2.83. The Bertz CT molecular complexity index is 491. The molecule has 0 unspecified atom stereocenters. The van der Waals surface area contributed by atoms with Crippen LogP contribution in [0.1, 0.15) is 25.3 Å². The minimum Gasteiger partial charge on any atom is -0.435 e. The summed E-state index contributed by atoms with van der Waals surface area (Å²) >= 11 is 0. The molecule has 1 aliphatic heterocycles. The van der Waals surface area contributed by atoms with Crippen molar-refractivity contribution in [3.05, 3.63) is 29.8 Å². The molecule has 0 atom stereocenters. The van der Waals surface area contributed by atoms with Crippen molar-refractivity contribution >= 4 is 18.3 Å². The minimum absolute atomic E-state index is 0. The second-order valence-corrected chi connectivity index (χ2v) is 6.04. The SMILES string of the molecule is CC1(CNC(=O)Cc2ccc(OC(F)F)cc2)CCNCC1.Cl. The number of amides is 1. The van der Waals surface area contributed by atoms with Crippen molar-refractivity contribution in [2.75, 3.05) is 19.6 Å². The number of hydrogen-bond acceptors (Lipinski definition) is 3. The maximum absolute atomic E-state index is 12.1. The number of piperidine rings is 1. The van der Waals surface area contributed by atoms with E-state index in [1.165, 1.54) is 12.1 Å². The zero-order chi connectivity index (χ0) is 16.0. The maximum atomic E-state index is 12.1. The molecule has 0 aromatic heterocycles. The van der Waals surface area contributed by atoms with Crippen molar-refractivity contribution in [3.8, 4) is 5.75 Å². The molecule has 0 bridgehead atoms. The lowest BCUT2D eigenvalue weighted by molar-refractivity contribution is -0.121. The number of nitrogens with one attached hydrogen (secondary N) is 2. The van der Waals surface area contributed by atoms with Crippen molar-refractivity contribution in [1.29, 1.82) is 0 Å². The fourth-order valence-corrected chi connectivity index (χ4v) is 2.56. The highest BCUT2D eigenvalue weighted by atomic mass is 35.5. The molecule has 1 aliphatic rings. The third-order valence-corrected chi connectivity index (χ3v) is 4.04. The molecule has 23 heavy (non-hydrogen) atoms. The second-order valence-electron chi connectivity index (χ2n) is 6.04. The highest BCUT2D eigenvalue weighted by molar-refractivity contribution is 5.85. The molecule has 7 heteroatoms. The predicted octanol–water partition coefficient (Wildman–Crippen LogP) is 2.76. The molecule has 0 spiro atoms. The van der Waals surface area contributed by atoms with E-state index >= 15 is 0 Å². The van der Waals surface area contributed by atoms with Crippen molar-refractivity contribution in [2.45, 2.75) is 32.8 Å². The number of ether oxygens (including phenoxy) is 1. The largest absolute Gasteiger partial charge is 0.435 e. The van der Waals surface area contributed by atoms with Crippen LogP contribution in [0, 0.1) is 5.41 Å². The molecule has 0 saturated carbocycles. The zero-order valence-electron chi connectivity index (χ0n) is 13.1. The van der Waals surface area contributed by atoms with Crippen LogP contribution in [0.3, 0.4) is 0 Å². The molecular formula is C16H23ClF2N2O2. The smallest absolute Gasteiger partial charge is 0.387 e. The van der Waals surface area contributed by atoms with Crippen molar-refractivity contribution in [2.24, 2.45) is 5.41 Å². The van der Waals surface area contributed by atoms with Crippen LogP contribution in [0.2, 0.25) is 0 Å². The van der Waals surface area contributed by atoms with Crippen molar-refractivity contribution < 1.29 is 18.3 Å². The standard InChI is InChI=1S/C16H22F2N2O2.ClH/c1-16(6-8-19-9-7-16)11-20-14(21)10-12-2-4-13(5-3-12)22-15(17)18;/h2-5,15,19H,6-11H2,1H3,(H,20,21);1H. The molecule has 130 valence electrons. The number of carbonyl (C=O) groups is 1. The Kier molecular flexibility index (Phi) is 7.72. The van der Waals surface area contributed by atoms with Gasteiger partial charge in [0.15, 0.2) is 0 Å². The van der Waals surface area contributed by atoms with E-state index in [4.69, 9.17) is 0 Å². The van der Waals surface area contributed by atoms with Gasteiger partial charge in [-0.25, -0.2) is 0 Å². The van der Waals surface area contributed by atoms with Gasteiger partial charge in [0.05, 0.1) is 6.42 Å². The average Bonchev–Trinajstić information content (AvgIpc) is 2.48. The van der Waals surface area contributed by atoms with Gasteiger partial charge < -0.3 is 15.4 Å². The fourth-order valence-electron chi connectivity index (χ4n) is 2.56. The molecule has 2 rings (SSSR count). The Morgan fingerprint density at radius 3 is 2.48 bits per heavy atom. The molecule has 1 heterocycles. The zero-order valence-corrected chi connectivity index (χ0v) is 13.9. The highest BCUT2D eigenvalue weighted by Crippen LogP contribution is 2.26. The van der Waals surface area contributed by atoms with E-state index in [0.717, 1.165) is 31.5 Å². The molecule has 4 nitrogen and oxygen atoms in total. The van der Waals surface area contributed by atoms with E-state index in [9.17, 15) is 13.6 Å². The van der Waals surface area contributed by atoms with Crippen LogP contribution in [0.15, 0.2) is 24.3 Å². The molecule has 1 aromatic rings. The molecule has 1 saturated heterocycles. The summed E-state index contributed by atoms with van der Waals surface area (Å²) in [4.78, 5) is 12.0. The molecular weight excluding hydrogens is 326 g/mol. The number of alkyl halides is 2. The Hall–Kier alpha value is -1.40. The van der Waals surface area contributed by atoms with Gasteiger partial charge in [0, 0.05) is 6.54 Å². The summed E-state index contributed by atoms with van der Waals surface area (Å²) in [7, 11) is 0. The second kappa shape index (κ2) is 9.03. The van der Waals surface area contributed by atoms with Gasteiger partial charge in [-0.1, -0.05) is 19.1 Å². The van der Waals surface area contributed by atoms with Gasteiger partial charge >= 0.3 is 6.61 Å². The maximum Gasteiger partial charge on any atom is 0.387 e. The van der Waals surface area contributed by atoms with Crippen molar-refractivity contribution in [1.82, 2.24) is 10.6 Å². The summed E-state index contributed by atoms with van der Waals surface area (Å²) in [5.74, 6) is 0.0451. The van der Waals surface area contributed by atoms with Crippen LogP contribution in [0.4, 0.5) is 8.78 Å². The van der Waals surface area contributed by atoms with Gasteiger partial charge in [0.25, 0.3) is 0 Å². The molecule has 0 radical (unpaired) electrons. The van der Waals surface area contributed by atoms with Gasteiger partial charge in [-0.3, -0.25) is 4.79 Å². The third kappa shape index (κ3) is 6.71. The van der Waals surface area contributed by atoms with Crippen LogP contribution < -0.4 is 15.4 Å². The Morgan fingerprint density at radius 1 is 1.30 bits per heavy atom. The summed E-state index contributed by atoms with van der Waals surface area (Å²) < 4.78 is 28.4. The molecule has 1 amide bonds. The Morgan fingerprint density at radius 2 is 1.91 bits per heavy atom. The molecule has 0 aliphatic carbocycles. The number of rotatable bonds is 6. The van der Waals surface area contributed by atoms with Gasteiger partial charge in [-0.2, -0.15) is 8.78 Å². The lowest BCUT2D eigenvalue weighted by atomic mass is 9.81. The Balaban J connectivity index is 0.00000264. The third-order valence-electron chi connectivity index (χ3n) is 4.04. The van der Waals surface area contributed by atoms with Crippen LogP contribution >= 0.6 is 12.4 Å². The summed E-state index contributed by atoms with van der Waals surface area (Å²) in [6, 6.07) is 6.15. The lowest BCUT2D eigenvalue weighted by Gasteiger charge is -2.34. The van der Waals surface area contributed by atoms with Gasteiger partial charge in [-0.15, -0.1) is 12.4 Å². The number of carbonyl (C=O) groups excluding carboxylic acids is 1. The topological polar surface area (TPSA) is 50.4 Å². The quantitative estimate of drug-likeness (QED) is 0.831. The van der Waals surface area contributed by atoms with E-state index in [1.54, 1.807) is 12.1 Å². The lowest BCUT2D eigenvalue weighted by Crippen LogP contribution is -2.43. The summed E-state index contributed by atoms with van der Waals surface area (Å²) in [6.45, 7) is 1.99. The average molecular weight is 349 g/mol. The van der Waals surface area contributed by atoms with Gasteiger partial charge in [0.1, 0.15) is 5.75 Å². The van der Waals surface area contributed by atoms with Gasteiger partial charge in [-0.05, 0) is 49.0 Å². The number of hydrogen-bond donors (Lipinski definition) is 2. The van der Waals surface area contributed by atoms with E-state index in [2.05, 4.69) is 22.3 Å². The first-order chi connectivity index (χ1) is 10.5. The van der Waals surface area contributed by atoms with Crippen LogP contribution in [0.5, 0.6) is 5.75 Å². The van der Waals surface area contributed by atoms with Crippen molar-refractivity contribution in [3.63, 3.8) is 0 Å². The van der Waals surface area contributed by atoms with Crippen LogP contribution in [-0.4, -0.2) is 32.2 Å². The Labute approximate surface area is 141 Å². The molecule has 1 fully saturated rings. The monoisotopic (exact) mass is 348 g/mol. The predicted molar refractivity (Wildman–Crippen MR) is 87.2 cm³/mol. The normalized spacial score (nSPS) is 16.5. The number of benzene rings is 1. The summed E-state index contributed by atoms with van der Waals surface area (Å²) in [5.41, 5.74) is 0.921. The van der Waals surface area contributed by atoms with E-state index in [0.29, 0.717) is 6.54 Å². The van der Waals surface area contributed by atoms with Crippen LogP contribution in [0.25, 0.3) is 0 Å². The fraction of sp³-hybridized carbons (Fsp3) is 0.562. The number of halogens is 3. The summed E-state index contributed by atoms with van der Waals surface area (Å²) in [6.07, 6.45) is 2.34. The van der Waals surface area contributed by atoms with Gasteiger partial charge in [0.2, 0.25) is 5.91 Å². The highest BCUT2D eigenvalue weighted by Gasteiger charge is 2.26. The molecule has 2 N–H and O–H groups in total. The first-order valence-electron chi connectivity index (χ1n) is 7.48.